The molecule has 13 atom stereocenters. The second-order valence-corrected chi connectivity index (χ2v) is 13.4. The lowest BCUT2D eigenvalue weighted by molar-refractivity contribution is -0.295. The molecule has 1 amide bonds. The van der Waals surface area contributed by atoms with Gasteiger partial charge in [0.05, 0.1) is 23.7 Å². The van der Waals surface area contributed by atoms with Gasteiger partial charge in [-0.1, -0.05) is 13.8 Å². The first kappa shape index (κ1) is 36.2. The first-order valence-electron chi connectivity index (χ1n) is 15.5. The summed E-state index contributed by atoms with van der Waals surface area (Å²) in [6, 6.07) is -0.761. The Hall–Kier alpha value is -2.32. The molecule has 0 unspecified atom stereocenters. The lowest BCUT2D eigenvalue weighted by Crippen LogP contribution is -2.59. The molecule has 0 aromatic rings. The van der Waals surface area contributed by atoms with Crippen molar-refractivity contribution in [1.29, 1.82) is 0 Å². The summed E-state index contributed by atoms with van der Waals surface area (Å²) in [7, 11) is 5.20. The fourth-order valence-corrected chi connectivity index (χ4v) is 6.91. The molecule has 3 aliphatic heterocycles. The maximum Gasteiger partial charge on any atom is 0.509 e. The number of ketones is 1. The lowest BCUT2D eigenvalue weighted by atomic mass is 9.79. The van der Waals surface area contributed by atoms with Crippen molar-refractivity contribution in [2.45, 2.75) is 135 Å². The van der Waals surface area contributed by atoms with Gasteiger partial charge < -0.3 is 43.7 Å². The quantitative estimate of drug-likeness (QED) is 0.338. The van der Waals surface area contributed by atoms with Crippen LogP contribution in [0.2, 0.25) is 0 Å². The number of nitrogens with zero attached hydrogens (tertiary/aromatic N) is 1. The number of Topliss-reactive ketones (excluding diaryl/α,β-unsaturated/α-hetero) is 1. The van der Waals surface area contributed by atoms with Crippen LogP contribution in [0.25, 0.3) is 0 Å². The Labute approximate surface area is 260 Å². The third kappa shape index (κ3) is 7.22. The first-order valence-corrected chi connectivity index (χ1v) is 15.5. The van der Waals surface area contributed by atoms with Gasteiger partial charge in [0.1, 0.15) is 18.1 Å². The summed E-state index contributed by atoms with van der Waals surface area (Å²) in [6.07, 6.45) is -5.40. The summed E-state index contributed by atoms with van der Waals surface area (Å²) in [5.41, 5.74) is -2.67. The van der Waals surface area contributed by atoms with E-state index in [1.807, 2.05) is 25.9 Å². The van der Waals surface area contributed by atoms with Crippen molar-refractivity contribution in [3.63, 3.8) is 0 Å². The van der Waals surface area contributed by atoms with E-state index in [0.29, 0.717) is 6.42 Å². The molecular weight excluding hydrogens is 576 g/mol. The number of likely N-dealkylation sites (N-methyl/N-ethyl adjacent to an activating group) is 1. The minimum atomic E-state index is -1.48. The average molecular weight is 629 g/mol. The monoisotopic (exact) mass is 628 g/mol. The number of hydrogen-bond donors (Lipinski definition) is 2. The van der Waals surface area contributed by atoms with Crippen molar-refractivity contribution in [2.24, 2.45) is 17.8 Å². The molecule has 0 bridgehead atoms. The Morgan fingerprint density at radius 1 is 1.02 bits per heavy atom. The van der Waals surface area contributed by atoms with E-state index in [2.05, 4.69) is 5.32 Å². The zero-order chi connectivity index (χ0) is 33.3. The number of methoxy groups -OCH3 is 1. The number of carbonyl (C=O) groups excluding carboxylic acids is 4. The van der Waals surface area contributed by atoms with Crippen molar-refractivity contribution >= 4 is 23.8 Å². The first-order chi connectivity index (χ1) is 20.4. The Kier molecular flexibility index (Phi) is 11.5. The molecule has 13 heteroatoms. The fourth-order valence-electron chi connectivity index (χ4n) is 6.91. The number of cyclic esters (lactones) is 1. The molecule has 44 heavy (non-hydrogen) atoms. The van der Waals surface area contributed by atoms with Gasteiger partial charge in [0.25, 0.3) is 0 Å². The molecule has 0 aliphatic carbocycles. The van der Waals surface area contributed by atoms with E-state index in [4.69, 9.17) is 28.4 Å². The van der Waals surface area contributed by atoms with Crippen molar-refractivity contribution < 1.29 is 52.7 Å². The van der Waals surface area contributed by atoms with Gasteiger partial charge >= 0.3 is 12.1 Å². The predicted molar refractivity (Wildman–Crippen MR) is 157 cm³/mol. The molecule has 3 heterocycles. The van der Waals surface area contributed by atoms with Gasteiger partial charge in [-0.2, -0.15) is 0 Å². The van der Waals surface area contributed by atoms with Crippen LogP contribution in [0.15, 0.2) is 0 Å². The van der Waals surface area contributed by atoms with Gasteiger partial charge in [-0.05, 0) is 74.9 Å². The second-order valence-electron chi connectivity index (χ2n) is 13.4. The van der Waals surface area contributed by atoms with Gasteiger partial charge in [0.2, 0.25) is 5.91 Å². The summed E-state index contributed by atoms with van der Waals surface area (Å²) in [6.45, 7) is 13.4. The number of nitrogens with one attached hydrogen (secondary N) is 1. The predicted octanol–water partition coefficient (Wildman–Crippen LogP) is 2.20. The minimum Gasteiger partial charge on any atom is -0.457 e. The van der Waals surface area contributed by atoms with Crippen molar-refractivity contribution in [1.82, 2.24) is 10.2 Å². The van der Waals surface area contributed by atoms with Crippen LogP contribution >= 0.6 is 0 Å². The summed E-state index contributed by atoms with van der Waals surface area (Å²) < 4.78 is 35.4. The van der Waals surface area contributed by atoms with Crippen LogP contribution in [0.4, 0.5) is 4.79 Å². The Morgan fingerprint density at radius 2 is 1.66 bits per heavy atom. The summed E-state index contributed by atoms with van der Waals surface area (Å²) in [4.78, 5) is 55.2. The topological polar surface area (TPSA) is 159 Å². The molecule has 3 fully saturated rings. The van der Waals surface area contributed by atoms with Crippen molar-refractivity contribution in [3.05, 3.63) is 0 Å². The summed E-state index contributed by atoms with van der Waals surface area (Å²) in [5, 5.41) is 14.2. The maximum absolute atomic E-state index is 14.0. The second kappa shape index (κ2) is 14.0. The molecule has 13 nitrogen and oxygen atoms in total. The largest absolute Gasteiger partial charge is 0.509 e. The van der Waals surface area contributed by atoms with E-state index in [1.165, 1.54) is 14.0 Å². The Morgan fingerprint density at radius 3 is 2.23 bits per heavy atom. The zero-order valence-corrected chi connectivity index (χ0v) is 27.9. The van der Waals surface area contributed by atoms with Gasteiger partial charge in [-0.3, -0.25) is 14.4 Å². The highest BCUT2D eigenvalue weighted by molar-refractivity contribution is 6.00. The molecule has 0 spiro atoms. The van der Waals surface area contributed by atoms with E-state index in [1.54, 1.807) is 41.5 Å². The molecule has 252 valence electrons. The average Bonchev–Trinajstić information content (AvgIpc) is 3.27. The SMILES string of the molecule is CC[C@H]1OC(=O)[C@H](C)C(=O)[C@H](C)[C@@H](O[C@@H]2O[C@H](C)C[C@H](N(C)C)[C@H]2O)[C@](C)(OC)C[C@@H](C)NC(=O)[C@H](C)[C@H]2OC(=O)O[C@@]21C. The van der Waals surface area contributed by atoms with E-state index in [-0.39, 0.29) is 25.0 Å². The van der Waals surface area contributed by atoms with Crippen LogP contribution in [0.1, 0.15) is 74.7 Å². The number of amides is 1. The van der Waals surface area contributed by atoms with Crippen LogP contribution < -0.4 is 5.32 Å². The number of fused-ring (bicyclic) bond motifs is 1. The number of carbonyl (C=O) groups is 4. The third-order valence-electron chi connectivity index (χ3n) is 9.64. The normalized spacial score (nSPS) is 44.5. The van der Waals surface area contributed by atoms with Crippen molar-refractivity contribution in [3.8, 4) is 0 Å². The van der Waals surface area contributed by atoms with E-state index >= 15 is 0 Å². The van der Waals surface area contributed by atoms with Gasteiger partial charge in [-0.25, -0.2) is 4.79 Å². The molecule has 0 aromatic heterocycles. The van der Waals surface area contributed by atoms with E-state index < -0.39 is 89.5 Å². The van der Waals surface area contributed by atoms with Gasteiger partial charge in [0, 0.05) is 25.1 Å². The van der Waals surface area contributed by atoms with Gasteiger partial charge in [-0.15, -0.1) is 0 Å². The molecule has 0 radical (unpaired) electrons. The van der Waals surface area contributed by atoms with E-state index in [0.717, 1.165) is 0 Å². The summed E-state index contributed by atoms with van der Waals surface area (Å²) >= 11 is 0. The van der Waals surface area contributed by atoms with E-state index in [9.17, 15) is 24.3 Å². The van der Waals surface area contributed by atoms with Crippen LogP contribution in [-0.4, -0.2) is 115 Å². The number of ether oxygens (including phenoxy) is 6. The Balaban J connectivity index is 2.06. The smallest absolute Gasteiger partial charge is 0.457 e. The fraction of sp³-hybridized carbons (Fsp3) is 0.871. The highest BCUT2D eigenvalue weighted by Gasteiger charge is 2.58. The molecule has 2 N–H and O–H groups in total. The standard InChI is InChI=1S/C31H52N2O11/c1-12-21-31(8)25(43-29(38)44-31)19(6)26(36)32-15(2)14-30(7,39-11)24(17(4)22(34)18(5)27(37)41-21)42-28-23(35)20(33(9)10)13-16(3)40-28/h15-21,23-25,28,35H,12-14H2,1-11H3,(H,32,36)/t15-,16-,17+,18-,19-,20+,21-,23-,24-,25-,28+,30-,31-/m1/s1. The molecule has 3 aliphatic rings. The number of esters is 1. The Bertz CT molecular complexity index is 1070. The number of aliphatic hydroxyl groups excluding tert-OH is 1. The molecule has 3 saturated heterocycles. The van der Waals surface area contributed by atoms with Crippen LogP contribution in [0.5, 0.6) is 0 Å². The molecule has 0 aromatic carbocycles. The van der Waals surface area contributed by atoms with Crippen molar-refractivity contribution in [2.75, 3.05) is 21.2 Å². The lowest BCUT2D eigenvalue weighted by Gasteiger charge is -2.46. The molecular formula is C31H52N2O11. The number of rotatable bonds is 5. The highest BCUT2D eigenvalue weighted by Crippen LogP contribution is 2.39. The summed E-state index contributed by atoms with van der Waals surface area (Å²) in [5.74, 6) is -4.73. The highest BCUT2D eigenvalue weighted by atomic mass is 16.8. The van der Waals surface area contributed by atoms with Crippen LogP contribution in [-0.2, 0) is 42.8 Å². The maximum atomic E-state index is 14.0. The third-order valence-corrected chi connectivity index (χ3v) is 9.64. The van der Waals surface area contributed by atoms with Gasteiger partial charge in [0.15, 0.2) is 23.8 Å². The molecule has 3 rings (SSSR count). The zero-order valence-electron chi connectivity index (χ0n) is 27.9. The number of aliphatic hydroxyl groups is 1. The number of hydrogen-bond acceptors (Lipinski definition) is 12. The van der Waals surface area contributed by atoms with Crippen LogP contribution in [0.3, 0.4) is 0 Å². The van der Waals surface area contributed by atoms with Crippen LogP contribution in [0, 0.1) is 17.8 Å². The minimum absolute atomic E-state index is 0.189. The molecule has 0 saturated carbocycles.